The number of benzene rings is 2. The summed E-state index contributed by atoms with van der Waals surface area (Å²) in [5.41, 5.74) is 1.50. The summed E-state index contributed by atoms with van der Waals surface area (Å²) in [5, 5.41) is 9.31. The number of ether oxygens (including phenoxy) is 1. The highest BCUT2D eigenvalue weighted by atomic mass is 19.2. The van der Waals surface area contributed by atoms with Crippen LogP contribution >= 0.6 is 0 Å². The molecule has 33 heavy (non-hydrogen) atoms. The van der Waals surface area contributed by atoms with E-state index in [2.05, 4.69) is 0 Å². The molecule has 0 aromatic heterocycles. The monoisotopic (exact) mass is 458 g/mol. The van der Waals surface area contributed by atoms with Crippen molar-refractivity contribution < 1.29 is 23.0 Å². The molecule has 0 amide bonds. The van der Waals surface area contributed by atoms with Gasteiger partial charge in [-0.1, -0.05) is 24.3 Å². The molecule has 2 aromatic carbocycles. The maximum Gasteiger partial charge on any atom is 0.162 e. The summed E-state index contributed by atoms with van der Waals surface area (Å²) in [7, 11) is 1.51. The Hall–Kier alpha value is -2.27. The molecule has 0 atom stereocenters. The molecule has 0 aliphatic heterocycles. The first kappa shape index (κ1) is 23.9. The van der Waals surface area contributed by atoms with E-state index in [0.717, 1.165) is 51.4 Å². The van der Waals surface area contributed by atoms with Crippen molar-refractivity contribution in [3.05, 3.63) is 70.5 Å². The van der Waals surface area contributed by atoms with Gasteiger partial charge in [-0.05, 0) is 98.3 Å². The third-order valence-corrected chi connectivity index (χ3v) is 7.65. The second-order valence-electron chi connectivity index (χ2n) is 9.63. The number of halogens is 3. The topological polar surface area (TPSA) is 29.5 Å². The lowest BCUT2D eigenvalue weighted by atomic mass is 9.76. The van der Waals surface area contributed by atoms with Crippen molar-refractivity contribution in [2.75, 3.05) is 13.7 Å². The standard InChI is InChI=1S/C28H33F3O2/c1-33-23-13-12-22(26(29)16-23)11-4-18-2-7-20(8-3-18)24-14-15-25(28(31)27(24)30)21-9-5-19(17-32)6-10-21/h4,11-16,18-21,32H,2-3,5-10,17H2,1H3/b11-4+. The number of aliphatic hydroxyl groups is 1. The van der Waals surface area contributed by atoms with Gasteiger partial charge in [0.25, 0.3) is 0 Å². The zero-order valence-electron chi connectivity index (χ0n) is 19.2. The zero-order chi connectivity index (χ0) is 23.4. The molecular formula is C28H33F3O2. The molecule has 0 unspecified atom stereocenters. The molecule has 0 radical (unpaired) electrons. The Kier molecular flexibility index (Phi) is 7.79. The second-order valence-corrected chi connectivity index (χ2v) is 9.63. The molecular weight excluding hydrogens is 425 g/mol. The van der Waals surface area contributed by atoms with Crippen LogP contribution in [-0.2, 0) is 0 Å². The van der Waals surface area contributed by atoms with Gasteiger partial charge < -0.3 is 9.84 Å². The van der Waals surface area contributed by atoms with Crippen molar-refractivity contribution >= 4 is 6.08 Å². The van der Waals surface area contributed by atoms with Crippen LogP contribution in [-0.4, -0.2) is 18.8 Å². The quantitative estimate of drug-likeness (QED) is 0.490. The van der Waals surface area contributed by atoms with Crippen LogP contribution < -0.4 is 4.74 Å². The number of hydrogen-bond acceptors (Lipinski definition) is 2. The van der Waals surface area contributed by atoms with E-state index >= 15 is 4.39 Å². The summed E-state index contributed by atoms with van der Waals surface area (Å²) >= 11 is 0. The van der Waals surface area contributed by atoms with Gasteiger partial charge in [0.15, 0.2) is 11.6 Å². The molecule has 0 bridgehead atoms. The first-order valence-electron chi connectivity index (χ1n) is 12.1. The van der Waals surface area contributed by atoms with Crippen LogP contribution in [0.5, 0.6) is 5.75 Å². The van der Waals surface area contributed by atoms with Crippen molar-refractivity contribution in [2.45, 2.75) is 63.2 Å². The molecule has 0 saturated heterocycles. The predicted octanol–water partition coefficient (Wildman–Crippen LogP) is 7.37. The fourth-order valence-electron chi connectivity index (χ4n) is 5.50. The molecule has 2 aliphatic carbocycles. The summed E-state index contributed by atoms with van der Waals surface area (Å²) in [5.74, 6) is -0.551. The highest BCUT2D eigenvalue weighted by Crippen LogP contribution is 2.41. The SMILES string of the molecule is COc1ccc(/C=C/C2CCC(c3ccc(C4CCC(CO)CC4)c(F)c3F)CC2)c(F)c1. The van der Waals surface area contributed by atoms with E-state index in [1.807, 2.05) is 6.08 Å². The third-order valence-electron chi connectivity index (χ3n) is 7.65. The number of rotatable bonds is 6. The largest absolute Gasteiger partial charge is 0.497 e. The third kappa shape index (κ3) is 5.46. The van der Waals surface area contributed by atoms with Gasteiger partial charge in [0.2, 0.25) is 0 Å². The fourth-order valence-corrected chi connectivity index (χ4v) is 5.50. The highest BCUT2D eigenvalue weighted by Gasteiger charge is 2.29. The summed E-state index contributed by atoms with van der Waals surface area (Å²) in [6, 6.07) is 8.39. The Bertz CT molecular complexity index is 971. The maximum absolute atomic E-state index is 15.0. The molecule has 5 heteroatoms. The molecule has 4 rings (SSSR count). The smallest absolute Gasteiger partial charge is 0.162 e. The van der Waals surface area contributed by atoms with Crippen molar-refractivity contribution in [1.82, 2.24) is 0 Å². The molecule has 0 heterocycles. The van der Waals surface area contributed by atoms with Gasteiger partial charge in [0, 0.05) is 18.2 Å². The lowest BCUT2D eigenvalue weighted by Crippen LogP contribution is -2.18. The van der Waals surface area contributed by atoms with Gasteiger partial charge in [-0.2, -0.15) is 0 Å². The Balaban J connectivity index is 1.37. The molecule has 2 aromatic rings. The van der Waals surface area contributed by atoms with Gasteiger partial charge in [-0.3, -0.25) is 0 Å². The summed E-state index contributed by atoms with van der Waals surface area (Å²) in [6.45, 7) is 0.176. The Morgan fingerprint density at radius 1 is 0.848 bits per heavy atom. The summed E-state index contributed by atoms with van der Waals surface area (Å²) < 4.78 is 49.2. The average Bonchev–Trinajstić information content (AvgIpc) is 2.85. The Morgan fingerprint density at radius 2 is 1.42 bits per heavy atom. The zero-order valence-corrected chi connectivity index (χ0v) is 19.2. The van der Waals surface area contributed by atoms with E-state index in [4.69, 9.17) is 4.74 Å². The van der Waals surface area contributed by atoms with Crippen LogP contribution in [0.4, 0.5) is 13.2 Å². The van der Waals surface area contributed by atoms with Gasteiger partial charge >= 0.3 is 0 Å². The molecule has 0 spiro atoms. The first-order chi connectivity index (χ1) is 16.0. The Labute approximate surface area is 194 Å². The number of hydrogen-bond donors (Lipinski definition) is 1. The predicted molar refractivity (Wildman–Crippen MR) is 125 cm³/mol. The first-order valence-corrected chi connectivity index (χ1v) is 12.1. The lowest BCUT2D eigenvalue weighted by Gasteiger charge is -2.30. The molecule has 2 fully saturated rings. The second kappa shape index (κ2) is 10.8. The van der Waals surface area contributed by atoms with E-state index < -0.39 is 11.6 Å². The van der Waals surface area contributed by atoms with E-state index in [-0.39, 0.29) is 24.3 Å². The number of allylic oxidation sites excluding steroid dienone is 1. The minimum absolute atomic E-state index is 0.0149. The van der Waals surface area contributed by atoms with Gasteiger partial charge in [0.05, 0.1) is 7.11 Å². The molecule has 1 N–H and O–H groups in total. The minimum Gasteiger partial charge on any atom is -0.497 e. The number of aliphatic hydroxyl groups excluding tert-OH is 1. The lowest BCUT2D eigenvalue weighted by molar-refractivity contribution is 0.181. The van der Waals surface area contributed by atoms with Crippen molar-refractivity contribution in [3.8, 4) is 5.75 Å². The van der Waals surface area contributed by atoms with Gasteiger partial charge in [0.1, 0.15) is 11.6 Å². The van der Waals surface area contributed by atoms with Crippen LogP contribution in [0.25, 0.3) is 6.08 Å². The van der Waals surface area contributed by atoms with Crippen molar-refractivity contribution in [3.63, 3.8) is 0 Å². The molecule has 2 aliphatic rings. The fraction of sp³-hybridized carbons (Fsp3) is 0.500. The van der Waals surface area contributed by atoms with Gasteiger partial charge in [-0.15, -0.1) is 0 Å². The average molecular weight is 459 g/mol. The van der Waals surface area contributed by atoms with Crippen LogP contribution in [0.1, 0.15) is 79.9 Å². The summed E-state index contributed by atoms with van der Waals surface area (Å²) in [4.78, 5) is 0. The van der Waals surface area contributed by atoms with E-state index in [9.17, 15) is 13.9 Å². The minimum atomic E-state index is -0.684. The van der Waals surface area contributed by atoms with Crippen LogP contribution in [0, 0.1) is 29.3 Å². The van der Waals surface area contributed by atoms with Gasteiger partial charge in [-0.25, -0.2) is 13.2 Å². The molecule has 2 nitrogen and oxygen atoms in total. The highest BCUT2D eigenvalue weighted by molar-refractivity contribution is 5.52. The van der Waals surface area contributed by atoms with E-state index in [0.29, 0.717) is 34.3 Å². The van der Waals surface area contributed by atoms with Crippen LogP contribution in [0.15, 0.2) is 36.4 Å². The van der Waals surface area contributed by atoms with E-state index in [1.165, 1.54) is 13.2 Å². The van der Waals surface area contributed by atoms with Crippen LogP contribution in [0.3, 0.4) is 0 Å². The van der Waals surface area contributed by atoms with Crippen LogP contribution in [0.2, 0.25) is 0 Å². The molecule has 178 valence electrons. The summed E-state index contributed by atoms with van der Waals surface area (Å²) in [6.07, 6.45) is 10.5. The van der Waals surface area contributed by atoms with Crippen molar-refractivity contribution in [2.24, 2.45) is 11.8 Å². The normalized spacial score (nSPS) is 26.0. The number of methoxy groups -OCH3 is 1. The molecule has 2 saturated carbocycles. The van der Waals surface area contributed by atoms with Crippen molar-refractivity contribution in [1.29, 1.82) is 0 Å². The Morgan fingerprint density at radius 3 is 1.94 bits per heavy atom. The van der Waals surface area contributed by atoms with E-state index in [1.54, 1.807) is 30.3 Å². The maximum atomic E-state index is 15.0.